The van der Waals surface area contributed by atoms with E-state index in [4.69, 9.17) is 46.9 Å². The highest BCUT2D eigenvalue weighted by Crippen LogP contribution is 2.36. The zero-order chi connectivity index (χ0) is 41.6. The highest BCUT2D eigenvalue weighted by atomic mass is 35.5. The lowest BCUT2D eigenvalue weighted by Gasteiger charge is -2.44. The molecular weight excluding hydrogens is 797 g/mol. The van der Waals surface area contributed by atoms with Gasteiger partial charge in [-0.15, -0.1) is 0 Å². The Morgan fingerprint density at radius 3 is 2.19 bits per heavy atom. The van der Waals surface area contributed by atoms with E-state index >= 15 is 0 Å². The predicted molar refractivity (Wildman–Crippen MR) is 220 cm³/mol. The maximum absolute atomic E-state index is 13.7. The van der Waals surface area contributed by atoms with Crippen LogP contribution in [0.3, 0.4) is 0 Å². The summed E-state index contributed by atoms with van der Waals surface area (Å²) in [5.41, 5.74) is 3.61. The first-order valence-corrected chi connectivity index (χ1v) is 19.9. The van der Waals surface area contributed by atoms with Crippen LogP contribution in [0.1, 0.15) is 73.5 Å². The van der Waals surface area contributed by atoms with Crippen LogP contribution in [-0.2, 0) is 15.9 Å². The number of hydrogen-bond acceptors (Lipinski definition) is 10. The monoisotopic (exact) mass is 839 g/mol. The van der Waals surface area contributed by atoms with Crippen LogP contribution in [0.5, 0.6) is 17.2 Å². The van der Waals surface area contributed by atoms with Gasteiger partial charge in [-0.1, -0.05) is 71.7 Å². The van der Waals surface area contributed by atoms with Crippen LogP contribution in [0, 0.1) is 18.0 Å². The molecule has 0 radical (unpaired) electrons. The van der Waals surface area contributed by atoms with E-state index in [1.54, 1.807) is 30.3 Å². The van der Waals surface area contributed by atoms with Gasteiger partial charge in [0.15, 0.2) is 23.9 Å². The Kier molecular flexibility index (Phi) is 12.9. The van der Waals surface area contributed by atoms with E-state index in [1.165, 1.54) is 50.9 Å². The van der Waals surface area contributed by atoms with Gasteiger partial charge in [-0.2, -0.15) is 4.73 Å². The second kappa shape index (κ2) is 18.4. The summed E-state index contributed by atoms with van der Waals surface area (Å²) in [5.74, 6) is 0.138. The first-order chi connectivity index (χ1) is 28.5. The topological polar surface area (TPSA) is 140 Å². The fourth-order valence-corrected chi connectivity index (χ4v) is 8.32. The zero-order valence-corrected chi connectivity index (χ0v) is 34.2. The van der Waals surface area contributed by atoms with Crippen molar-refractivity contribution in [1.82, 2.24) is 10.2 Å². The highest BCUT2D eigenvalue weighted by Gasteiger charge is 2.37. The van der Waals surface area contributed by atoms with Crippen molar-refractivity contribution in [3.05, 3.63) is 158 Å². The number of aromatic nitrogens is 1. The molecule has 59 heavy (non-hydrogen) atoms. The summed E-state index contributed by atoms with van der Waals surface area (Å²) >= 11 is 12.8. The Morgan fingerprint density at radius 2 is 1.54 bits per heavy atom. The van der Waals surface area contributed by atoms with Gasteiger partial charge in [-0.3, -0.25) is 4.90 Å². The van der Waals surface area contributed by atoms with Crippen LogP contribution in [0.15, 0.2) is 103 Å². The second-order valence-electron chi connectivity index (χ2n) is 14.5. The van der Waals surface area contributed by atoms with Crippen molar-refractivity contribution in [2.75, 3.05) is 33.9 Å². The molecule has 3 aliphatic rings. The Balaban J connectivity index is 1.07. The van der Waals surface area contributed by atoms with Gasteiger partial charge in [0.05, 0.1) is 31.4 Å². The summed E-state index contributed by atoms with van der Waals surface area (Å²) in [4.78, 5) is 43.0. The first kappa shape index (κ1) is 41.3. The summed E-state index contributed by atoms with van der Waals surface area (Å²) in [7, 11) is 3.00. The molecule has 4 aromatic carbocycles. The summed E-state index contributed by atoms with van der Waals surface area (Å²) in [6.07, 6.45) is 2.82. The number of alkyl carbamates (subject to hydrolysis) is 1. The van der Waals surface area contributed by atoms with Gasteiger partial charge in [0.1, 0.15) is 28.0 Å². The van der Waals surface area contributed by atoms with Crippen LogP contribution in [-0.4, -0.2) is 62.9 Å². The van der Waals surface area contributed by atoms with Crippen LogP contribution in [0.2, 0.25) is 10.0 Å². The third-order valence-electron chi connectivity index (χ3n) is 10.9. The molecule has 1 N–H and O–H groups in total. The molecule has 1 amide bonds. The number of nitrogens with zero attached hydrogens (tertiary/aromatic N) is 2. The number of carbonyl (C=O) groups excluding carboxylic acids is 3. The molecule has 3 fully saturated rings. The Labute approximate surface area is 352 Å². The van der Waals surface area contributed by atoms with Crippen LogP contribution >= 0.6 is 23.2 Å². The minimum atomic E-state index is -0.913. The van der Waals surface area contributed by atoms with Crippen molar-refractivity contribution in [2.45, 2.75) is 44.4 Å². The molecule has 5 aromatic rings. The number of benzene rings is 4. The molecule has 3 aliphatic heterocycles. The second-order valence-corrected chi connectivity index (χ2v) is 15.3. The summed E-state index contributed by atoms with van der Waals surface area (Å²) in [5, 5.41) is 15.2. The zero-order valence-electron chi connectivity index (χ0n) is 32.7. The molecule has 0 spiro atoms. The van der Waals surface area contributed by atoms with E-state index in [2.05, 4.69) is 10.2 Å². The SMILES string of the molecule is COc1ccc([C@H](Cc2c(Cl)c[n+]([O-])cc2Cl)OC(=O)c2ccc(OC(=O)c3cccc([C@@H](NC(=O)O[C@H]4CN5CCC4CC5)c4ccccc4)c3C)cc2)cc1OC. The molecule has 4 heterocycles. The normalized spacial score (nSPS) is 17.9. The molecule has 0 saturated carbocycles. The molecule has 0 aliphatic carbocycles. The summed E-state index contributed by atoms with van der Waals surface area (Å²) in [6.45, 7) is 4.61. The van der Waals surface area contributed by atoms with Crippen LogP contribution < -0.4 is 24.3 Å². The molecule has 12 nitrogen and oxygen atoms in total. The Bertz CT molecular complexity index is 2300. The number of pyridine rings is 1. The minimum Gasteiger partial charge on any atom is -0.619 e. The number of ether oxygens (including phenoxy) is 5. The number of carbonyl (C=O) groups is 3. The molecule has 8 rings (SSSR count). The lowest BCUT2D eigenvalue weighted by molar-refractivity contribution is -0.605. The number of halogens is 2. The molecule has 2 bridgehead atoms. The molecule has 306 valence electrons. The van der Waals surface area contributed by atoms with Gasteiger partial charge in [-0.05, 0) is 103 Å². The van der Waals surface area contributed by atoms with E-state index < -0.39 is 30.2 Å². The molecule has 0 unspecified atom stereocenters. The Morgan fingerprint density at radius 1 is 0.847 bits per heavy atom. The predicted octanol–water partition coefficient (Wildman–Crippen LogP) is 8.22. The number of methoxy groups -OCH3 is 2. The van der Waals surface area contributed by atoms with Gasteiger partial charge in [0, 0.05) is 18.5 Å². The number of rotatable bonds is 13. The number of fused-ring (bicyclic) bond motifs is 3. The van der Waals surface area contributed by atoms with Crippen molar-refractivity contribution >= 4 is 41.2 Å². The largest absolute Gasteiger partial charge is 0.619 e. The fourth-order valence-electron chi connectivity index (χ4n) is 7.72. The smallest absolute Gasteiger partial charge is 0.408 e. The van der Waals surface area contributed by atoms with Gasteiger partial charge in [0.25, 0.3) is 0 Å². The third-order valence-corrected chi connectivity index (χ3v) is 11.6. The fraction of sp³-hybridized carbons (Fsp3) is 0.289. The number of esters is 2. The molecule has 3 saturated heterocycles. The standard InChI is InChI=1S/C45H43Cl2N3O9/c1-27-33(42(29-8-5-4-6-9-29)48-45(53)59-41-26-49-20-18-28(41)19-21-49)10-7-11-34(27)44(52)57-32-15-12-30(13-16-32)43(51)58-39(23-35-36(46)24-50(54)25-37(35)47)31-14-17-38(55-2)40(22-31)56-3/h4-17,22,24-25,28,39,41-42H,18-21,23,26H2,1-3H3,(H,48,53)/t39-,41-,42-/m0/s1. The van der Waals surface area contributed by atoms with Crippen molar-refractivity contribution < 1.29 is 42.8 Å². The van der Waals surface area contributed by atoms with E-state index in [0.717, 1.165) is 38.0 Å². The summed E-state index contributed by atoms with van der Waals surface area (Å²) in [6, 6.07) is 25.2. The van der Waals surface area contributed by atoms with Gasteiger partial charge < -0.3 is 34.2 Å². The average molecular weight is 841 g/mol. The van der Waals surface area contributed by atoms with Crippen molar-refractivity contribution in [1.29, 1.82) is 0 Å². The van der Waals surface area contributed by atoms with E-state index in [-0.39, 0.29) is 33.9 Å². The van der Waals surface area contributed by atoms with Crippen molar-refractivity contribution in [3.63, 3.8) is 0 Å². The Hall–Kier alpha value is -5.82. The summed E-state index contributed by atoms with van der Waals surface area (Å²) < 4.78 is 29.1. The first-order valence-electron chi connectivity index (χ1n) is 19.2. The van der Waals surface area contributed by atoms with Gasteiger partial charge in [0.2, 0.25) is 0 Å². The quantitative estimate of drug-likeness (QED) is 0.0534. The van der Waals surface area contributed by atoms with Crippen molar-refractivity contribution in [3.8, 4) is 17.2 Å². The van der Waals surface area contributed by atoms with E-state index in [9.17, 15) is 19.6 Å². The lowest BCUT2D eigenvalue weighted by atomic mass is 9.86. The number of nitrogens with one attached hydrogen (secondary N) is 1. The lowest BCUT2D eigenvalue weighted by Crippen LogP contribution is -2.52. The van der Waals surface area contributed by atoms with Gasteiger partial charge in [-0.25, -0.2) is 14.4 Å². The highest BCUT2D eigenvalue weighted by molar-refractivity contribution is 6.35. The third kappa shape index (κ3) is 9.57. The van der Waals surface area contributed by atoms with E-state index in [0.29, 0.717) is 50.0 Å². The van der Waals surface area contributed by atoms with Crippen LogP contribution in [0.25, 0.3) is 0 Å². The number of piperidine rings is 3. The molecule has 14 heteroatoms. The maximum atomic E-state index is 13.7. The van der Waals surface area contributed by atoms with Crippen LogP contribution in [0.4, 0.5) is 4.79 Å². The van der Waals surface area contributed by atoms with E-state index in [1.807, 2.05) is 43.3 Å². The number of amides is 1. The molecule has 3 atom stereocenters. The maximum Gasteiger partial charge on any atom is 0.408 e. The minimum absolute atomic E-state index is 0.0371. The average Bonchev–Trinajstić information content (AvgIpc) is 3.24. The van der Waals surface area contributed by atoms with Gasteiger partial charge >= 0.3 is 18.0 Å². The molecular formula is C45H43Cl2N3O9. The van der Waals surface area contributed by atoms with Crippen molar-refractivity contribution in [2.24, 2.45) is 5.92 Å². The number of hydrogen-bond donors (Lipinski definition) is 1. The molecule has 1 aromatic heterocycles.